The third-order valence-electron chi connectivity index (χ3n) is 5.04. The Morgan fingerprint density at radius 1 is 1.27 bits per heavy atom. The van der Waals surface area contributed by atoms with Crippen LogP contribution >= 0.6 is 0 Å². The number of phenolic OH excluding ortho intramolecular Hbond substituents is 1. The SMILES string of the molecule is CC[C@@H](CO)Nc1cc(-n2ccc(C(=O)NCCc3ccccc3O)c2)c(C)cn1. The molecule has 1 aromatic carbocycles. The summed E-state index contributed by atoms with van der Waals surface area (Å²) in [5.74, 6) is 0.751. The Morgan fingerprint density at radius 2 is 2.07 bits per heavy atom. The number of carbonyl (C=O) groups excluding carboxylic acids is 1. The lowest BCUT2D eigenvalue weighted by molar-refractivity contribution is 0.0954. The highest BCUT2D eigenvalue weighted by molar-refractivity contribution is 5.94. The van der Waals surface area contributed by atoms with E-state index in [2.05, 4.69) is 15.6 Å². The minimum absolute atomic E-state index is 0.0377. The minimum atomic E-state index is -0.166. The number of anilines is 1. The maximum atomic E-state index is 12.5. The predicted molar refractivity (Wildman–Crippen MR) is 117 cm³/mol. The number of nitrogens with one attached hydrogen (secondary N) is 2. The molecule has 1 amide bonds. The summed E-state index contributed by atoms with van der Waals surface area (Å²) in [6.45, 7) is 4.43. The van der Waals surface area contributed by atoms with Crippen molar-refractivity contribution in [2.45, 2.75) is 32.7 Å². The fourth-order valence-corrected chi connectivity index (χ4v) is 3.17. The van der Waals surface area contributed by atoms with Gasteiger partial charge in [0.25, 0.3) is 5.91 Å². The van der Waals surface area contributed by atoms with E-state index in [9.17, 15) is 15.0 Å². The van der Waals surface area contributed by atoms with Crippen molar-refractivity contribution in [1.82, 2.24) is 14.9 Å². The number of carbonyl (C=O) groups is 1. The summed E-state index contributed by atoms with van der Waals surface area (Å²) in [4.78, 5) is 16.9. The third-order valence-corrected chi connectivity index (χ3v) is 5.04. The van der Waals surface area contributed by atoms with Crippen molar-refractivity contribution in [3.63, 3.8) is 0 Å². The first-order valence-electron chi connectivity index (χ1n) is 10.1. The van der Waals surface area contributed by atoms with Crippen molar-refractivity contribution in [1.29, 1.82) is 0 Å². The summed E-state index contributed by atoms with van der Waals surface area (Å²) in [6.07, 6.45) is 6.74. The molecule has 4 N–H and O–H groups in total. The van der Waals surface area contributed by atoms with Crippen LogP contribution in [0.3, 0.4) is 0 Å². The Balaban J connectivity index is 1.66. The van der Waals surface area contributed by atoms with Gasteiger partial charge in [0.2, 0.25) is 0 Å². The quantitative estimate of drug-likeness (QED) is 0.436. The molecule has 30 heavy (non-hydrogen) atoms. The van der Waals surface area contributed by atoms with Gasteiger partial charge >= 0.3 is 0 Å². The van der Waals surface area contributed by atoms with Crippen LogP contribution in [0, 0.1) is 6.92 Å². The molecule has 1 atom stereocenters. The largest absolute Gasteiger partial charge is 0.508 e. The van der Waals surface area contributed by atoms with Crippen molar-refractivity contribution in [3.8, 4) is 11.4 Å². The summed E-state index contributed by atoms with van der Waals surface area (Å²) in [7, 11) is 0. The number of hydrogen-bond donors (Lipinski definition) is 4. The van der Waals surface area contributed by atoms with E-state index in [1.54, 1.807) is 30.6 Å². The number of nitrogens with zero attached hydrogens (tertiary/aromatic N) is 2. The van der Waals surface area contributed by atoms with Gasteiger partial charge in [-0.3, -0.25) is 4.79 Å². The van der Waals surface area contributed by atoms with Gasteiger partial charge in [-0.1, -0.05) is 25.1 Å². The van der Waals surface area contributed by atoms with Crippen LogP contribution in [-0.4, -0.2) is 44.9 Å². The average molecular weight is 409 g/mol. The summed E-state index contributed by atoms with van der Waals surface area (Å²) >= 11 is 0. The van der Waals surface area contributed by atoms with Crippen molar-refractivity contribution < 1.29 is 15.0 Å². The first-order chi connectivity index (χ1) is 14.5. The zero-order valence-corrected chi connectivity index (χ0v) is 17.3. The molecule has 2 aromatic heterocycles. The van der Waals surface area contributed by atoms with E-state index >= 15 is 0 Å². The molecule has 2 heterocycles. The van der Waals surface area contributed by atoms with E-state index in [4.69, 9.17) is 0 Å². The maximum Gasteiger partial charge on any atom is 0.252 e. The molecule has 0 aliphatic rings. The second-order valence-corrected chi connectivity index (χ2v) is 7.23. The zero-order valence-electron chi connectivity index (χ0n) is 17.3. The van der Waals surface area contributed by atoms with Crippen LogP contribution in [-0.2, 0) is 6.42 Å². The number of benzene rings is 1. The number of aliphatic hydroxyl groups excluding tert-OH is 1. The highest BCUT2D eigenvalue weighted by Gasteiger charge is 2.12. The van der Waals surface area contributed by atoms with E-state index in [-0.39, 0.29) is 24.3 Å². The Labute approximate surface area is 176 Å². The van der Waals surface area contributed by atoms with E-state index < -0.39 is 0 Å². The molecule has 0 fully saturated rings. The Kier molecular flexibility index (Phi) is 7.08. The molecular weight excluding hydrogens is 380 g/mol. The van der Waals surface area contributed by atoms with Crippen molar-refractivity contribution in [3.05, 3.63) is 71.7 Å². The van der Waals surface area contributed by atoms with Crippen LogP contribution in [0.25, 0.3) is 5.69 Å². The molecule has 0 saturated heterocycles. The molecular formula is C23H28N4O3. The number of amides is 1. The number of aryl methyl sites for hydroxylation is 1. The van der Waals surface area contributed by atoms with Crippen molar-refractivity contribution in [2.75, 3.05) is 18.5 Å². The maximum absolute atomic E-state index is 12.5. The molecule has 0 radical (unpaired) electrons. The van der Waals surface area contributed by atoms with Crippen LogP contribution in [0.15, 0.2) is 55.0 Å². The van der Waals surface area contributed by atoms with Crippen LogP contribution in [0.5, 0.6) is 5.75 Å². The number of hydrogen-bond acceptors (Lipinski definition) is 5. The van der Waals surface area contributed by atoms with Crippen molar-refractivity contribution >= 4 is 11.7 Å². The van der Waals surface area contributed by atoms with E-state index in [1.807, 2.05) is 42.8 Å². The molecule has 0 aliphatic heterocycles. The number of rotatable bonds is 9. The van der Waals surface area contributed by atoms with Gasteiger partial charge in [-0.25, -0.2) is 4.98 Å². The minimum Gasteiger partial charge on any atom is -0.508 e. The molecule has 0 spiro atoms. The lowest BCUT2D eigenvalue weighted by Crippen LogP contribution is -2.25. The molecule has 158 valence electrons. The Hall–Kier alpha value is -3.32. The smallest absolute Gasteiger partial charge is 0.252 e. The fraction of sp³-hybridized carbons (Fsp3) is 0.304. The topological polar surface area (TPSA) is 99.4 Å². The molecule has 0 saturated carbocycles. The lowest BCUT2D eigenvalue weighted by atomic mass is 10.1. The normalized spacial score (nSPS) is 11.8. The highest BCUT2D eigenvalue weighted by atomic mass is 16.3. The molecule has 7 nitrogen and oxygen atoms in total. The number of aliphatic hydroxyl groups is 1. The van der Waals surface area contributed by atoms with Gasteiger partial charge in [0.05, 0.1) is 23.9 Å². The second kappa shape index (κ2) is 9.93. The summed E-state index contributed by atoms with van der Waals surface area (Å²) in [5.41, 5.74) is 3.24. The van der Waals surface area contributed by atoms with Gasteiger partial charge < -0.3 is 25.4 Å². The monoisotopic (exact) mass is 408 g/mol. The molecule has 3 rings (SSSR count). The van der Waals surface area contributed by atoms with Gasteiger partial charge in [-0.2, -0.15) is 0 Å². The first-order valence-corrected chi connectivity index (χ1v) is 10.1. The molecule has 0 bridgehead atoms. The number of phenols is 1. The predicted octanol–water partition coefficient (Wildman–Crippen LogP) is 3.04. The molecule has 0 aliphatic carbocycles. The van der Waals surface area contributed by atoms with Gasteiger partial charge in [0, 0.05) is 31.2 Å². The van der Waals surface area contributed by atoms with E-state index in [1.165, 1.54) is 0 Å². The Bertz CT molecular complexity index is 996. The average Bonchev–Trinajstić information content (AvgIpc) is 3.24. The van der Waals surface area contributed by atoms with Crippen LogP contribution in [0.1, 0.15) is 34.8 Å². The van der Waals surface area contributed by atoms with E-state index in [0.717, 1.165) is 23.2 Å². The second-order valence-electron chi connectivity index (χ2n) is 7.23. The van der Waals surface area contributed by atoms with Gasteiger partial charge in [-0.15, -0.1) is 0 Å². The number of aromatic nitrogens is 2. The highest BCUT2D eigenvalue weighted by Crippen LogP contribution is 2.19. The van der Waals surface area contributed by atoms with Gasteiger partial charge in [-0.05, 0) is 43.0 Å². The zero-order chi connectivity index (χ0) is 21.5. The third kappa shape index (κ3) is 5.18. The van der Waals surface area contributed by atoms with Gasteiger partial charge in [0.1, 0.15) is 11.6 Å². The number of aromatic hydroxyl groups is 1. The summed E-state index contributed by atoms with van der Waals surface area (Å²) in [5, 5.41) is 25.3. The van der Waals surface area contributed by atoms with Gasteiger partial charge in [0.15, 0.2) is 0 Å². The number of pyridine rings is 1. The number of para-hydroxylation sites is 1. The van der Waals surface area contributed by atoms with Crippen LogP contribution in [0.2, 0.25) is 0 Å². The molecule has 3 aromatic rings. The van der Waals surface area contributed by atoms with Crippen molar-refractivity contribution in [2.24, 2.45) is 0 Å². The van der Waals surface area contributed by atoms with Crippen LogP contribution in [0.4, 0.5) is 5.82 Å². The Morgan fingerprint density at radius 3 is 2.80 bits per heavy atom. The lowest BCUT2D eigenvalue weighted by Gasteiger charge is -2.16. The molecule has 0 unspecified atom stereocenters. The standard InChI is InChI=1S/C23H28N4O3/c1-3-19(15-28)26-22-12-20(16(2)13-25-22)27-11-9-18(14-27)23(30)24-10-8-17-6-4-5-7-21(17)29/h4-7,9,11-14,19,28-29H,3,8,10,15H2,1-2H3,(H,24,30)(H,25,26)/t19-/m0/s1. The van der Waals surface area contributed by atoms with Crippen LogP contribution < -0.4 is 10.6 Å². The summed E-state index contributed by atoms with van der Waals surface area (Å²) < 4.78 is 1.89. The van der Waals surface area contributed by atoms with E-state index in [0.29, 0.717) is 24.3 Å². The fourth-order valence-electron chi connectivity index (χ4n) is 3.17. The summed E-state index contributed by atoms with van der Waals surface area (Å²) in [6, 6.07) is 10.7. The molecule has 7 heteroatoms. The first kappa shape index (κ1) is 21.4.